The largest absolute Gasteiger partial charge is 0.497 e. The zero-order chi connectivity index (χ0) is 18.5. The summed E-state index contributed by atoms with van der Waals surface area (Å²) in [5, 5.41) is -0.121. The molecule has 1 aliphatic rings. The van der Waals surface area contributed by atoms with Gasteiger partial charge in [-0.15, -0.1) is 0 Å². The summed E-state index contributed by atoms with van der Waals surface area (Å²) in [5.41, 5.74) is 7.07. The zero-order valence-electron chi connectivity index (χ0n) is 14.3. The Morgan fingerprint density at radius 3 is 2.54 bits per heavy atom. The highest BCUT2D eigenvalue weighted by atomic mass is 32.2. The van der Waals surface area contributed by atoms with E-state index in [-0.39, 0.29) is 12.3 Å². The molecule has 1 atom stereocenters. The molecule has 0 spiro atoms. The van der Waals surface area contributed by atoms with Crippen LogP contribution in [0.5, 0.6) is 5.75 Å². The summed E-state index contributed by atoms with van der Waals surface area (Å²) in [6, 6.07) is 16.8. The van der Waals surface area contributed by atoms with Crippen molar-refractivity contribution in [2.45, 2.75) is 18.2 Å². The van der Waals surface area contributed by atoms with Gasteiger partial charge in [-0.3, -0.25) is 14.5 Å². The van der Waals surface area contributed by atoms with Crippen LogP contribution in [0.3, 0.4) is 0 Å². The lowest BCUT2D eigenvalue weighted by molar-refractivity contribution is -0.130. The maximum atomic E-state index is 12.6. The van der Waals surface area contributed by atoms with Crippen molar-refractivity contribution in [3.05, 3.63) is 60.2 Å². The predicted molar refractivity (Wildman–Crippen MR) is 102 cm³/mol. The van der Waals surface area contributed by atoms with Crippen LogP contribution in [0, 0.1) is 0 Å². The number of aliphatic imine (C=N–C) groups is 1. The van der Waals surface area contributed by atoms with Gasteiger partial charge in [0.25, 0.3) is 0 Å². The molecule has 0 bridgehead atoms. The van der Waals surface area contributed by atoms with Crippen molar-refractivity contribution < 1.29 is 14.3 Å². The van der Waals surface area contributed by atoms with Gasteiger partial charge in [0, 0.05) is 6.42 Å². The number of benzene rings is 2. The van der Waals surface area contributed by atoms with E-state index in [1.807, 2.05) is 54.6 Å². The molecule has 1 saturated heterocycles. The number of para-hydroxylation sites is 1. The average Bonchev–Trinajstić information content (AvgIpc) is 2.65. The van der Waals surface area contributed by atoms with Crippen molar-refractivity contribution in [2.24, 2.45) is 10.7 Å². The first kappa shape index (κ1) is 18.0. The summed E-state index contributed by atoms with van der Waals surface area (Å²) in [5.74, 6) is 0.0753. The van der Waals surface area contributed by atoms with Crippen molar-refractivity contribution in [2.75, 3.05) is 7.11 Å². The smallest absolute Gasteiger partial charge is 0.231 e. The number of nitrogens with two attached hydrogens (primary N) is 1. The van der Waals surface area contributed by atoms with E-state index in [0.29, 0.717) is 17.4 Å². The first-order valence-electron chi connectivity index (χ1n) is 8.10. The van der Waals surface area contributed by atoms with Crippen LogP contribution in [0.4, 0.5) is 5.69 Å². The number of rotatable bonds is 5. The molecule has 7 heteroatoms. The summed E-state index contributed by atoms with van der Waals surface area (Å²) in [6.07, 6.45) is 0.0734. The number of hydrogen-bond acceptors (Lipinski definition) is 5. The summed E-state index contributed by atoms with van der Waals surface area (Å²) in [4.78, 5) is 30.4. The molecule has 2 amide bonds. The molecule has 2 N–H and O–H groups in total. The zero-order valence-corrected chi connectivity index (χ0v) is 15.1. The second-order valence-corrected chi connectivity index (χ2v) is 6.94. The van der Waals surface area contributed by atoms with Crippen LogP contribution < -0.4 is 10.5 Å². The molecule has 134 valence electrons. The standard InChI is InChI=1S/C19H19N3O3S/c1-25-15-9-7-13(8-10-15)12-22-17(23)11-16(18(20)24)26-19(22)21-14-5-3-2-4-6-14/h2-10,16H,11-12H2,1H3,(H2,20,24)/t16-/m1/s1. The van der Waals surface area contributed by atoms with E-state index in [1.165, 1.54) is 11.8 Å². The van der Waals surface area contributed by atoms with Crippen molar-refractivity contribution in [3.63, 3.8) is 0 Å². The number of hydrogen-bond donors (Lipinski definition) is 1. The monoisotopic (exact) mass is 369 g/mol. The van der Waals surface area contributed by atoms with Gasteiger partial charge in [-0.25, -0.2) is 4.99 Å². The fourth-order valence-electron chi connectivity index (χ4n) is 2.54. The van der Waals surface area contributed by atoms with Gasteiger partial charge >= 0.3 is 0 Å². The summed E-state index contributed by atoms with van der Waals surface area (Å²) in [6.45, 7) is 0.368. The fourth-order valence-corrected chi connectivity index (χ4v) is 3.58. The molecular weight excluding hydrogens is 350 g/mol. The maximum Gasteiger partial charge on any atom is 0.231 e. The van der Waals surface area contributed by atoms with Gasteiger partial charge in [-0.1, -0.05) is 42.1 Å². The molecular formula is C19H19N3O3S. The first-order chi connectivity index (χ1) is 12.6. The number of ether oxygens (including phenoxy) is 1. The fraction of sp³-hybridized carbons (Fsp3) is 0.211. The number of carbonyl (C=O) groups is 2. The SMILES string of the molecule is COc1ccc(CN2C(=O)C[C@H](C(N)=O)SC2=Nc2ccccc2)cc1. The third-order valence-corrected chi connectivity index (χ3v) is 5.14. The van der Waals surface area contributed by atoms with Crippen molar-refractivity contribution in [1.29, 1.82) is 0 Å². The highest BCUT2D eigenvalue weighted by Crippen LogP contribution is 2.30. The quantitative estimate of drug-likeness (QED) is 0.878. The van der Waals surface area contributed by atoms with E-state index in [9.17, 15) is 9.59 Å². The van der Waals surface area contributed by atoms with Crippen LogP contribution in [-0.2, 0) is 16.1 Å². The molecule has 26 heavy (non-hydrogen) atoms. The molecule has 1 aliphatic heterocycles. The highest BCUT2D eigenvalue weighted by Gasteiger charge is 2.34. The molecule has 3 rings (SSSR count). The first-order valence-corrected chi connectivity index (χ1v) is 8.98. The number of carbonyl (C=O) groups excluding carboxylic acids is 2. The van der Waals surface area contributed by atoms with Crippen molar-refractivity contribution in [1.82, 2.24) is 4.90 Å². The van der Waals surface area contributed by atoms with Gasteiger partial charge in [-0.05, 0) is 29.8 Å². The number of amides is 2. The molecule has 1 fully saturated rings. The molecule has 0 aromatic heterocycles. The summed E-state index contributed by atoms with van der Waals surface area (Å²) in [7, 11) is 1.61. The van der Waals surface area contributed by atoms with Crippen molar-refractivity contribution in [3.8, 4) is 5.75 Å². The minimum Gasteiger partial charge on any atom is -0.497 e. The molecule has 2 aromatic carbocycles. The van der Waals surface area contributed by atoms with Gasteiger partial charge in [0.2, 0.25) is 11.8 Å². The number of methoxy groups -OCH3 is 1. The lowest BCUT2D eigenvalue weighted by Gasteiger charge is -2.31. The average molecular weight is 369 g/mol. The Bertz CT molecular complexity index is 822. The van der Waals surface area contributed by atoms with E-state index in [0.717, 1.165) is 11.3 Å². The van der Waals surface area contributed by atoms with Crippen LogP contribution in [0.25, 0.3) is 0 Å². The Kier molecular flexibility index (Phi) is 5.58. The lowest BCUT2D eigenvalue weighted by atomic mass is 10.2. The third kappa shape index (κ3) is 4.23. The Balaban J connectivity index is 1.89. The number of amidine groups is 1. The maximum absolute atomic E-state index is 12.6. The Hall–Kier alpha value is -2.80. The second-order valence-electron chi connectivity index (χ2n) is 5.77. The van der Waals surface area contributed by atoms with Gasteiger partial charge in [0.15, 0.2) is 5.17 Å². The van der Waals surface area contributed by atoms with Crippen LogP contribution in [0.2, 0.25) is 0 Å². The lowest BCUT2D eigenvalue weighted by Crippen LogP contribution is -2.45. The molecule has 0 unspecified atom stereocenters. The second kappa shape index (κ2) is 8.05. The number of primary amides is 1. The highest BCUT2D eigenvalue weighted by molar-refractivity contribution is 8.15. The molecule has 2 aromatic rings. The van der Waals surface area contributed by atoms with Gasteiger partial charge in [0.05, 0.1) is 24.6 Å². The number of nitrogens with zero attached hydrogens (tertiary/aromatic N) is 2. The molecule has 1 heterocycles. The molecule has 0 saturated carbocycles. The number of thioether (sulfide) groups is 1. The van der Waals surface area contributed by atoms with Crippen LogP contribution in [0.1, 0.15) is 12.0 Å². The van der Waals surface area contributed by atoms with E-state index in [1.54, 1.807) is 12.0 Å². The van der Waals surface area contributed by atoms with Crippen LogP contribution in [0.15, 0.2) is 59.6 Å². The predicted octanol–water partition coefficient (Wildman–Crippen LogP) is 2.70. The van der Waals surface area contributed by atoms with Gasteiger partial charge < -0.3 is 10.5 Å². The normalized spacial score (nSPS) is 18.8. The van der Waals surface area contributed by atoms with Crippen LogP contribution in [-0.4, -0.2) is 34.2 Å². The minimum atomic E-state index is -0.600. The molecule has 0 aliphatic carbocycles. The minimum absolute atomic E-state index is 0.0734. The molecule has 6 nitrogen and oxygen atoms in total. The van der Waals surface area contributed by atoms with Gasteiger partial charge in [-0.2, -0.15) is 0 Å². The molecule has 0 radical (unpaired) electrons. The Morgan fingerprint density at radius 1 is 1.23 bits per heavy atom. The topological polar surface area (TPSA) is 85.0 Å². The van der Waals surface area contributed by atoms with Crippen LogP contribution >= 0.6 is 11.8 Å². The Morgan fingerprint density at radius 2 is 1.92 bits per heavy atom. The third-order valence-electron chi connectivity index (χ3n) is 3.94. The van der Waals surface area contributed by atoms with E-state index in [4.69, 9.17) is 10.5 Å². The van der Waals surface area contributed by atoms with E-state index in [2.05, 4.69) is 4.99 Å². The van der Waals surface area contributed by atoms with E-state index < -0.39 is 11.2 Å². The van der Waals surface area contributed by atoms with Crippen molar-refractivity contribution >= 4 is 34.4 Å². The summed E-state index contributed by atoms with van der Waals surface area (Å²) >= 11 is 1.23. The van der Waals surface area contributed by atoms with Gasteiger partial charge in [0.1, 0.15) is 5.75 Å². The summed E-state index contributed by atoms with van der Waals surface area (Å²) < 4.78 is 5.16. The Labute approximate surface area is 156 Å². The van der Waals surface area contributed by atoms with E-state index >= 15 is 0 Å².